The number of benzene rings is 1. The molecule has 24 heavy (non-hydrogen) atoms. The fourth-order valence-corrected chi connectivity index (χ4v) is 3.11. The number of rotatable bonds is 4. The number of hydrogen-bond acceptors (Lipinski definition) is 3. The van der Waals surface area contributed by atoms with Gasteiger partial charge < -0.3 is 10.0 Å². The van der Waals surface area contributed by atoms with E-state index in [0.717, 1.165) is 24.0 Å². The maximum Gasteiger partial charge on any atom is 0.338 e. The van der Waals surface area contributed by atoms with Crippen LogP contribution in [0.5, 0.6) is 0 Å². The molecule has 0 saturated carbocycles. The molecule has 0 bridgehead atoms. The van der Waals surface area contributed by atoms with Crippen LogP contribution in [-0.2, 0) is 11.2 Å². The van der Waals surface area contributed by atoms with Crippen LogP contribution in [0.1, 0.15) is 40.4 Å². The molecule has 6 heteroatoms. The summed E-state index contributed by atoms with van der Waals surface area (Å²) in [5, 5.41) is 13.1. The van der Waals surface area contributed by atoms with Crippen LogP contribution in [0.4, 0.5) is 0 Å². The summed E-state index contributed by atoms with van der Waals surface area (Å²) in [6, 6.07) is 8.11. The number of carbonyl (C=O) groups excluding carboxylic acids is 1. The fourth-order valence-electron chi connectivity index (χ4n) is 3.11. The Bertz CT molecular complexity index is 745. The molecular weight excluding hydrogens is 306 g/mol. The molecule has 1 aliphatic heterocycles. The second-order valence-corrected chi connectivity index (χ2v) is 6.23. The Hall–Kier alpha value is -2.63. The van der Waals surface area contributed by atoms with Gasteiger partial charge in [0.2, 0.25) is 5.91 Å². The van der Waals surface area contributed by atoms with E-state index in [-0.39, 0.29) is 17.5 Å². The second kappa shape index (κ2) is 6.86. The summed E-state index contributed by atoms with van der Waals surface area (Å²) in [5.74, 6) is -0.818. The van der Waals surface area contributed by atoms with E-state index in [9.17, 15) is 9.59 Å². The Kier molecular flexibility index (Phi) is 4.64. The van der Waals surface area contributed by atoms with Crippen molar-refractivity contribution in [1.29, 1.82) is 0 Å². The standard InChI is InChI=1S/C18H21N3O3/c1-13-4-2-3-5-14(13)10-17(22)20-8-6-16(7-9-20)21-12-15(11-19-21)18(23)24/h2-5,11-12,16H,6-10H2,1H3,(H,23,24). The largest absolute Gasteiger partial charge is 0.478 e. The maximum atomic E-state index is 12.5. The van der Waals surface area contributed by atoms with Crippen LogP contribution in [0.25, 0.3) is 0 Å². The van der Waals surface area contributed by atoms with Gasteiger partial charge in [0, 0.05) is 19.3 Å². The lowest BCUT2D eigenvalue weighted by Crippen LogP contribution is -2.40. The van der Waals surface area contributed by atoms with Crippen LogP contribution in [0.2, 0.25) is 0 Å². The predicted molar refractivity (Wildman–Crippen MR) is 88.9 cm³/mol. The van der Waals surface area contributed by atoms with Crippen molar-refractivity contribution in [2.24, 2.45) is 0 Å². The summed E-state index contributed by atoms with van der Waals surface area (Å²) in [6.07, 6.45) is 4.96. The van der Waals surface area contributed by atoms with Crippen molar-refractivity contribution in [2.75, 3.05) is 13.1 Å². The van der Waals surface area contributed by atoms with Gasteiger partial charge in [0.25, 0.3) is 0 Å². The molecule has 6 nitrogen and oxygen atoms in total. The highest BCUT2D eigenvalue weighted by molar-refractivity contribution is 5.86. The van der Waals surface area contributed by atoms with E-state index in [4.69, 9.17) is 5.11 Å². The molecule has 2 heterocycles. The van der Waals surface area contributed by atoms with E-state index in [1.807, 2.05) is 36.1 Å². The zero-order chi connectivity index (χ0) is 17.1. The highest BCUT2D eigenvalue weighted by Crippen LogP contribution is 2.23. The maximum absolute atomic E-state index is 12.5. The number of carboxylic acids is 1. The van der Waals surface area contributed by atoms with Crippen molar-refractivity contribution < 1.29 is 14.7 Å². The van der Waals surface area contributed by atoms with E-state index >= 15 is 0 Å². The normalized spacial score (nSPS) is 15.5. The number of aromatic carboxylic acids is 1. The molecule has 1 aliphatic rings. The van der Waals surface area contributed by atoms with Gasteiger partial charge in [-0.15, -0.1) is 0 Å². The third kappa shape index (κ3) is 3.48. The first-order valence-electron chi connectivity index (χ1n) is 8.14. The van der Waals surface area contributed by atoms with Crippen LogP contribution < -0.4 is 0 Å². The molecule has 0 atom stereocenters. The number of piperidine rings is 1. The Labute approximate surface area is 140 Å². The lowest BCUT2D eigenvalue weighted by molar-refractivity contribution is -0.131. The van der Waals surface area contributed by atoms with Crippen LogP contribution in [0.15, 0.2) is 36.7 Å². The monoisotopic (exact) mass is 327 g/mol. The summed E-state index contributed by atoms with van der Waals surface area (Å²) in [5.41, 5.74) is 2.41. The predicted octanol–water partition coefficient (Wildman–Crippen LogP) is 2.30. The fraction of sp³-hybridized carbons (Fsp3) is 0.389. The van der Waals surface area contributed by atoms with E-state index in [1.165, 1.54) is 6.20 Å². The van der Waals surface area contributed by atoms with E-state index < -0.39 is 5.97 Å². The molecule has 1 aromatic heterocycles. The zero-order valence-electron chi connectivity index (χ0n) is 13.7. The highest BCUT2D eigenvalue weighted by atomic mass is 16.4. The van der Waals surface area contributed by atoms with Gasteiger partial charge in [0.05, 0.1) is 24.2 Å². The van der Waals surface area contributed by atoms with Gasteiger partial charge in [-0.25, -0.2) is 4.79 Å². The van der Waals surface area contributed by atoms with Crippen LogP contribution in [0, 0.1) is 6.92 Å². The molecule has 0 aliphatic carbocycles. The third-order valence-corrected chi connectivity index (χ3v) is 4.64. The van der Waals surface area contributed by atoms with Gasteiger partial charge in [-0.1, -0.05) is 24.3 Å². The average molecular weight is 327 g/mol. The lowest BCUT2D eigenvalue weighted by Gasteiger charge is -2.32. The number of likely N-dealkylation sites (tertiary alicyclic amines) is 1. The van der Waals surface area contributed by atoms with E-state index in [2.05, 4.69) is 5.10 Å². The molecule has 2 aromatic rings. The Morgan fingerprint density at radius 2 is 1.96 bits per heavy atom. The van der Waals surface area contributed by atoms with Crippen LogP contribution in [0.3, 0.4) is 0 Å². The minimum atomic E-state index is -0.966. The van der Waals surface area contributed by atoms with E-state index in [0.29, 0.717) is 19.5 Å². The Morgan fingerprint density at radius 1 is 1.25 bits per heavy atom. The number of carboxylic acid groups (broad SMARTS) is 1. The van der Waals surface area contributed by atoms with Gasteiger partial charge in [0.15, 0.2) is 0 Å². The third-order valence-electron chi connectivity index (χ3n) is 4.64. The molecule has 3 rings (SSSR count). The van der Waals surface area contributed by atoms with Crippen molar-refractivity contribution in [1.82, 2.24) is 14.7 Å². The molecule has 0 unspecified atom stereocenters. The van der Waals surface area contributed by atoms with Gasteiger partial charge in [-0.2, -0.15) is 5.10 Å². The average Bonchev–Trinajstić information content (AvgIpc) is 3.07. The van der Waals surface area contributed by atoms with Gasteiger partial charge in [-0.3, -0.25) is 9.48 Å². The highest BCUT2D eigenvalue weighted by Gasteiger charge is 2.25. The number of nitrogens with zero attached hydrogens (tertiary/aromatic N) is 3. The molecule has 1 saturated heterocycles. The molecule has 126 valence electrons. The second-order valence-electron chi connectivity index (χ2n) is 6.23. The zero-order valence-corrected chi connectivity index (χ0v) is 13.7. The first-order valence-corrected chi connectivity index (χ1v) is 8.14. The number of aromatic nitrogens is 2. The minimum absolute atomic E-state index is 0.148. The SMILES string of the molecule is Cc1ccccc1CC(=O)N1CCC(n2cc(C(=O)O)cn2)CC1. The number of hydrogen-bond donors (Lipinski definition) is 1. The first-order chi connectivity index (χ1) is 11.5. The molecule has 1 fully saturated rings. The quantitative estimate of drug-likeness (QED) is 0.935. The molecule has 0 spiro atoms. The summed E-state index contributed by atoms with van der Waals surface area (Å²) < 4.78 is 1.71. The van der Waals surface area contributed by atoms with Crippen molar-refractivity contribution >= 4 is 11.9 Å². The Morgan fingerprint density at radius 3 is 2.58 bits per heavy atom. The van der Waals surface area contributed by atoms with E-state index in [1.54, 1.807) is 10.9 Å². The number of carbonyl (C=O) groups is 2. The van der Waals surface area contributed by atoms with Gasteiger partial charge in [-0.05, 0) is 30.9 Å². The summed E-state index contributed by atoms with van der Waals surface area (Å²) in [4.78, 5) is 25.3. The summed E-state index contributed by atoms with van der Waals surface area (Å²) in [6.45, 7) is 3.38. The molecule has 1 amide bonds. The minimum Gasteiger partial charge on any atom is -0.478 e. The van der Waals surface area contributed by atoms with Crippen molar-refractivity contribution in [3.05, 3.63) is 53.3 Å². The lowest BCUT2D eigenvalue weighted by atomic mass is 10.0. The summed E-state index contributed by atoms with van der Waals surface area (Å²) >= 11 is 0. The molecule has 1 aromatic carbocycles. The van der Waals surface area contributed by atoms with Crippen molar-refractivity contribution in [3.8, 4) is 0 Å². The van der Waals surface area contributed by atoms with Gasteiger partial charge >= 0.3 is 5.97 Å². The van der Waals surface area contributed by atoms with Crippen LogP contribution in [-0.4, -0.2) is 44.8 Å². The van der Waals surface area contributed by atoms with Crippen LogP contribution >= 0.6 is 0 Å². The topological polar surface area (TPSA) is 75.4 Å². The molecule has 0 radical (unpaired) electrons. The first kappa shape index (κ1) is 16.2. The Balaban J connectivity index is 1.57. The number of amides is 1. The molecule has 1 N–H and O–H groups in total. The van der Waals surface area contributed by atoms with Crippen molar-refractivity contribution in [3.63, 3.8) is 0 Å². The van der Waals surface area contributed by atoms with Crippen molar-refractivity contribution in [2.45, 2.75) is 32.2 Å². The number of aryl methyl sites for hydroxylation is 1. The van der Waals surface area contributed by atoms with Gasteiger partial charge in [0.1, 0.15) is 0 Å². The summed E-state index contributed by atoms with van der Waals surface area (Å²) in [7, 11) is 0. The smallest absolute Gasteiger partial charge is 0.338 e. The molecular formula is C18H21N3O3.